The Morgan fingerprint density at radius 2 is 2.16 bits per heavy atom. The number of carbonyl (C=O) groups is 1. The lowest BCUT2D eigenvalue weighted by Gasteiger charge is -2.27. The number of nitrogens with zero attached hydrogens (tertiary/aromatic N) is 2. The third-order valence-electron chi connectivity index (χ3n) is 3.02. The van der Waals surface area contributed by atoms with Crippen LogP contribution in [0.1, 0.15) is 24.2 Å². The van der Waals surface area contributed by atoms with Gasteiger partial charge >= 0.3 is 0 Å². The third-order valence-corrected chi connectivity index (χ3v) is 3.02. The smallest absolute Gasteiger partial charge is 0.252 e. The lowest BCUT2D eigenvalue weighted by molar-refractivity contribution is 0.0948. The summed E-state index contributed by atoms with van der Waals surface area (Å²) in [6.45, 7) is 8.00. The molecule has 1 amide bonds. The Morgan fingerprint density at radius 1 is 1.42 bits per heavy atom. The number of amides is 1. The van der Waals surface area contributed by atoms with Crippen LogP contribution in [0.2, 0.25) is 0 Å². The van der Waals surface area contributed by atoms with Crippen LogP contribution in [0.4, 0.5) is 5.82 Å². The van der Waals surface area contributed by atoms with Gasteiger partial charge in [0.05, 0.1) is 18.8 Å². The van der Waals surface area contributed by atoms with Crippen LogP contribution in [-0.2, 0) is 4.74 Å². The number of rotatable bonds is 4. The molecule has 0 atom stereocenters. The van der Waals surface area contributed by atoms with Gasteiger partial charge in [0, 0.05) is 25.8 Å². The molecule has 2 rings (SSSR count). The van der Waals surface area contributed by atoms with Gasteiger partial charge in [-0.15, -0.1) is 0 Å². The average Bonchev–Trinajstić information content (AvgIpc) is 2.46. The number of hydrogen-bond donors (Lipinski definition) is 1. The number of carbonyl (C=O) groups excluding carboxylic acids is 1. The molecule has 0 aliphatic carbocycles. The van der Waals surface area contributed by atoms with Crippen LogP contribution in [0.15, 0.2) is 18.3 Å². The number of morpholine rings is 1. The minimum Gasteiger partial charge on any atom is -0.378 e. The minimum atomic E-state index is -0.0604. The van der Waals surface area contributed by atoms with Gasteiger partial charge in [-0.3, -0.25) is 4.79 Å². The van der Waals surface area contributed by atoms with Crippen LogP contribution in [0, 0.1) is 5.92 Å². The van der Waals surface area contributed by atoms with E-state index in [9.17, 15) is 4.79 Å². The fourth-order valence-electron chi connectivity index (χ4n) is 1.90. The zero-order valence-corrected chi connectivity index (χ0v) is 11.6. The molecule has 1 aromatic rings. The Balaban J connectivity index is 1.95. The first-order valence-electron chi connectivity index (χ1n) is 6.74. The van der Waals surface area contributed by atoms with E-state index in [4.69, 9.17) is 4.74 Å². The van der Waals surface area contributed by atoms with Gasteiger partial charge in [-0.25, -0.2) is 4.98 Å². The summed E-state index contributed by atoms with van der Waals surface area (Å²) in [7, 11) is 0. The zero-order chi connectivity index (χ0) is 13.7. The highest BCUT2D eigenvalue weighted by Gasteiger charge is 2.13. The van der Waals surface area contributed by atoms with E-state index in [0.717, 1.165) is 32.1 Å². The number of nitrogens with one attached hydrogen (secondary N) is 1. The molecule has 0 saturated carbocycles. The molecule has 1 saturated heterocycles. The molecule has 1 aliphatic rings. The Bertz CT molecular complexity index is 411. The van der Waals surface area contributed by atoms with Crippen molar-refractivity contribution in [2.24, 2.45) is 5.92 Å². The van der Waals surface area contributed by atoms with E-state index in [0.29, 0.717) is 18.0 Å². The molecule has 19 heavy (non-hydrogen) atoms. The highest BCUT2D eigenvalue weighted by atomic mass is 16.5. The molecular weight excluding hydrogens is 242 g/mol. The van der Waals surface area contributed by atoms with Crippen molar-refractivity contribution in [1.29, 1.82) is 0 Å². The summed E-state index contributed by atoms with van der Waals surface area (Å²) in [6, 6.07) is 3.73. The molecule has 0 bridgehead atoms. The van der Waals surface area contributed by atoms with Crippen LogP contribution >= 0.6 is 0 Å². The SMILES string of the molecule is CC(C)CNC(=O)c1ccc(N2CCOCC2)nc1. The summed E-state index contributed by atoms with van der Waals surface area (Å²) in [4.78, 5) is 18.4. The van der Waals surface area contributed by atoms with Gasteiger partial charge in [-0.1, -0.05) is 13.8 Å². The highest BCUT2D eigenvalue weighted by molar-refractivity contribution is 5.94. The van der Waals surface area contributed by atoms with E-state index in [1.165, 1.54) is 0 Å². The van der Waals surface area contributed by atoms with E-state index >= 15 is 0 Å². The summed E-state index contributed by atoms with van der Waals surface area (Å²) in [5, 5.41) is 2.88. The predicted molar refractivity (Wildman–Crippen MR) is 74.4 cm³/mol. The lowest BCUT2D eigenvalue weighted by atomic mass is 10.2. The second kappa shape index (κ2) is 6.52. The number of anilines is 1. The maximum Gasteiger partial charge on any atom is 0.252 e. The number of aromatic nitrogens is 1. The maximum atomic E-state index is 11.9. The van der Waals surface area contributed by atoms with E-state index < -0.39 is 0 Å². The molecule has 2 heterocycles. The summed E-state index contributed by atoms with van der Waals surface area (Å²) in [5.74, 6) is 1.29. The predicted octanol–water partition coefficient (Wildman–Crippen LogP) is 1.30. The second-order valence-corrected chi connectivity index (χ2v) is 5.11. The van der Waals surface area contributed by atoms with Gasteiger partial charge in [-0.05, 0) is 18.1 Å². The van der Waals surface area contributed by atoms with Crippen molar-refractivity contribution < 1.29 is 9.53 Å². The summed E-state index contributed by atoms with van der Waals surface area (Å²) >= 11 is 0. The quantitative estimate of drug-likeness (QED) is 0.889. The fourth-order valence-corrected chi connectivity index (χ4v) is 1.90. The Morgan fingerprint density at radius 3 is 2.74 bits per heavy atom. The largest absolute Gasteiger partial charge is 0.378 e. The van der Waals surface area contributed by atoms with Crippen LogP contribution in [-0.4, -0.2) is 43.7 Å². The molecule has 0 radical (unpaired) electrons. The van der Waals surface area contributed by atoms with Crippen molar-refractivity contribution in [2.45, 2.75) is 13.8 Å². The summed E-state index contributed by atoms with van der Waals surface area (Å²) < 4.78 is 5.30. The van der Waals surface area contributed by atoms with Crippen LogP contribution in [0.3, 0.4) is 0 Å². The monoisotopic (exact) mass is 263 g/mol. The minimum absolute atomic E-state index is 0.0604. The molecule has 0 spiro atoms. The Kier molecular flexibility index (Phi) is 4.74. The molecule has 0 aromatic carbocycles. The van der Waals surface area contributed by atoms with Crippen molar-refractivity contribution in [2.75, 3.05) is 37.7 Å². The van der Waals surface area contributed by atoms with Gasteiger partial charge < -0.3 is 15.0 Å². The fraction of sp³-hybridized carbons (Fsp3) is 0.571. The van der Waals surface area contributed by atoms with Crippen LogP contribution in [0.25, 0.3) is 0 Å². The highest BCUT2D eigenvalue weighted by Crippen LogP contribution is 2.13. The summed E-state index contributed by atoms with van der Waals surface area (Å²) in [5.41, 5.74) is 0.609. The molecule has 5 heteroatoms. The van der Waals surface area contributed by atoms with Crippen molar-refractivity contribution in [1.82, 2.24) is 10.3 Å². The first-order chi connectivity index (χ1) is 9.16. The van der Waals surface area contributed by atoms with Crippen molar-refractivity contribution in [3.63, 3.8) is 0 Å². The van der Waals surface area contributed by atoms with Gasteiger partial charge in [0.2, 0.25) is 0 Å². The van der Waals surface area contributed by atoms with Crippen molar-refractivity contribution in [3.8, 4) is 0 Å². The van der Waals surface area contributed by atoms with Gasteiger partial charge in [-0.2, -0.15) is 0 Å². The number of pyridine rings is 1. The third kappa shape index (κ3) is 3.92. The summed E-state index contributed by atoms with van der Waals surface area (Å²) in [6.07, 6.45) is 1.64. The first-order valence-corrected chi connectivity index (χ1v) is 6.74. The molecule has 1 aliphatic heterocycles. The van der Waals surface area contributed by atoms with Crippen molar-refractivity contribution in [3.05, 3.63) is 23.9 Å². The second-order valence-electron chi connectivity index (χ2n) is 5.11. The van der Waals surface area contributed by atoms with Gasteiger partial charge in [0.1, 0.15) is 5.82 Å². The standard InChI is InChI=1S/C14H21N3O2/c1-11(2)9-16-14(18)12-3-4-13(15-10-12)17-5-7-19-8-6-17/h3-4,10-11H,5-9H2,1-2H3,(H,16,18). The molecule has 1 fully saturated rings. The van der Waals surface area contributed by atoms with Crippen LogP contribution < -0.4 is 10.2 Å². The molecule has 1 N–H and O–H groups in total. The molecule has 1 aromatic heterocycles. The number of hydrogen-bond acceptors (Lipinski definition) is 4. The molecule has 5 nitrogen and oxygen atoms in total. The Hall–Kier alpha value is -1.62. The van der Waals surface area contributed by atoms with Gasteiger partial charge in [0.15, 0.2) is 0 Å². The first kappa shape index (κ1) is 13.8. The molecule has 104 valence electrons. The van der Waals surface area contributed by atoms with E-state index in [1.807, 2.05) is 12.1 Å². The maximum absolute atomic E-state index is 11.9. The van der Waals surface area contributed by atoms with Crippen molar-refractivity contribution >= 4 is 11.7 Å². The Labute approximate surface area is 114 Å². The van der Waals surface area contributed by atoms with E-state index in [-0.39, 0.29) is 5.91 Å². The number of ether oxygens (including phenoxy) is 1. The molecule has 0 unspecified atom stereocenters. The average molecular weight is 263 g/mol. The normalized spacial score (nSPS) is 15.6. The van der Waals surface area contributed by atoms with Gasteiger partial charge in [0.25, 0.3) is 5.91 Å². The van der Waals surface area contributed by atoms with E-state index in [2.05, 4.69) is 29.0 Å². The topological polar surface area (TPSA) is 54.5 Å². The molecular formula is C14H21N3O2. The van der Waals surface area contributed by atoms with Crippen LogP contribution in [0.5, 0.6) is 0 Å². The zero-order valence-electron chi connectivity index (χ0n) is 11.6. The lowest BCUT2D eigenvalue weighted by Crippen LogP contribution is -2.36. The van der Waals surface area contributed by atoms with E-state index in [1.54, 1.807) is 6.20 Å².